The Labute approximate surface area is 102 Å². The van der Waals surface area contributed by atoms with E-state index in [-0.39, 0.29) is 6.04 Å². The molecule has 0 radical (unpaired) electrons. The molecular formula is C14H19N3. The van der Waals surface area contributed by atoms with Gasteiger partial charge in [-0.3, -0.25) is 4.68 Å². The Balaban J connectivity index is 2.25. The molecule has 0 aliphatic carbocycles. The third-order valence-corrected chi connectivity index (χ3v) is 3.14. The van der Waals surface area contributed by atoms with Gasteiger partial charge in [0.25, 0.3) is 0 Å². The summed E-state index contributed by atoms with van der Waals surface area (Å²) in [6.45, 7) is 7.06. The zero-order valence-electron chi connectivity index (χ0n) is 10.6. The van der Waals surface area contributed by atoms with E-state index in [9.17, 15) is 0 Å². The van der Waals surface area contributed by atoms with Gasteiger partial charge in [-0.25, -0.2) is 0 Å². The van der Waals surface area contributed by atoms with Crippen LogP contribution in [-0.2, 0) is 6.54 Å². The monoisotopic (exact) mass is 229 g/mol. The maximum Gasteiger partial charge on any atom is 0.0664 e. The molecule has 0 saturated heterocycles. The molecule has 0 aliphatic rings. The first kappa shape index (κ1) is 11.9. The standard InChI is InChI=1S/C14H19N3/c1-10-5-4-6-11(2)14(10)9-17-8-13(7-16-17)12(3)15/h4-8,12H,9,15H2,1-3H3. The van der Waals surface area contributed by atoms with Crippen molar-refractivity contribution in [2.45, 2.75) is 33.4 Å². The number of aryl methyl sites for hydroxylation is 2. The molecule has 1 unspecified atom stereocenters. The molecule has 1 aromatic heterocycles. The van der Waals surface area contributed by atoms with Crippen molar-refractivity contribution < 1.29 is 0 Å². The van der Waals surface area contributed by atoms with Crippen molar-refractivity contribution >= 4 is 0 Å². The van der Waals surface area contributed by atoms with Gasteiger partial charge in [0.1, 0.15) is 0 Å². The molecule has 0 bridgehead atoms. The van der Waals surface area contributed by atoms with Gasteiger partial charge in [-0.2, -0.15) is 5.10 Å². The van der Waals surface area contributed by atoms with Crippen molar-refractivity contribution in [2.75, 3.05) is 0 Å². The Morgan fingerprint density at radius 1 is 1.29 bits per heavy atom. The first-order chi connectivity index (χ1) is 8.08. The summed E-state index contributed by atoms with van der Waals surface area (Å²) in [5, 5.41) is 4.35. The second-order valence-corrected chi connectivity index (χ2v) is 4.63. The fourth-order valence-electron chi connectivity index (χ4n) is 1.96. The van der Waals surface area contributed by atoms with E-state index < -0.39 is 0 Å². The van der Waals surface area contributed by atoms with Gasteiger partial charge in [0.15, 0.2) is 0 Å². The molecule has 0 aliphatic heterocycles. The summed E-state index contributed by atoms with van der Waals surface area (Å²) in [5.41, 5.74) is 10.9. The number of rotatable bonds is 3. The van der Waals surface area contributed by atoms with Gasteiger partial charge in [-0.1, -0.05) is 18.2 Å². The van der Waals surface area contributed by atoms with Gasteiger partial charge < -0.3 is 5.73 Å². The summed E-state index contributed by atoms with van der Waals surface area (Å²) in [4.78, 5) is 0. The normalized spacial score (nSPS) is 12.7. The minimum atomic E-state index is 0.0433. The molecule has 0 fully saturated rings. The van der Waals surface area contributed by atoms with Crippen LogP contribution in [0.4, 0.5) is 0 Å². The fraction of sp³-hybridized carbons (Fsp3) is 0.357. The van der Waals surface area contributed by atoms with Crippen LogP contribution in [0.15, 0.2) is 30.6 Å². The topological polar surface area (TPSA) is 43.8 Å². The van der Waals surface area contributed by atoms with Crippen LogP contribution in [0.2, 0.25) is 0 Å². The summed E-state index contributed by atoms with van der Waals surface area (Å²) in [5.74, 6) is 0. The van der Waals surface area contributed by atoms with Gasteiger partial charge in [-0.15, -0.1) is 0 Å². The number of hydrogen-bond acceptors (Lipinski definition) is 2. The fourth-order valence-corrected chi connectivity index (χ4v) is 1.96. The second kappa shape index (κ2) is 4.72. The number of nitrogens with two attached hydrogens (primary N) is 1. The molecule has 1 heterocycles. The van der Waals surface area contributed by atoms with Gasteiger partial charge in [0.05, 0.1) is 12.7 Å². The molecule has 0 spiro atoms. The smallest absolute Gasteiger partial charge is 0.0664 e. The minimum Gasteiger partial charge on any atom is -0.324 e. The van der Waals surface area contributed by atoms with E-state index in [0.717, 1.165) is 12.1 Å². The van der Waals surface area contributed by atoms with Crippen molar-refractivity contribution in [1.29, 1.82) is 0 Å². The predicted octanol–water partition coefficient (Wildman–Crippen LogP) is 2.57. The Hall–Kier alpha value is -1.61. The van der Waals surface area contributed by atoms with E-state index in [1.807, 2.05) is 24.0 Å². The van der Waals surface area contributed by atoms with Crippen LogP contribution in [0.3, 0.4) is 0 Å². The van der Waals surface area contributed by atoms with E-state index >= 15 is 0 Å². The average molecular weight is 229 g/mol. The lowest BCUT2D eigenvalue weighted by Gasteiger charge is -2.09. The minimum absolute atomic E-state index is 0.0433. The largest absolute Gasteiger partial charge is 0.324 e. The molecule has 1 aromatic carbocycles. The van der Waals surface area contributed by atoms with Gasteiger partial charge in [0.2, 0.25) is 0 Å². The Kier molecular flexibility index (Phi) is 3.29. The number of nitrogens with zero attached hydrogens (tertiary/aromatic N) is 2. The van der Waals surface area contributed by atoms with Crippen LogP contribution >= 0.6 is 0 Å². The Morgan fingerprint density at radius 3 is 2.47 bits per heavy atom. The molecule has 0 amide bonds. The van der Waals surface area contributed by atoms with E-state index in [4.69, 9.17) is 5.73 Å². The molecule has 17 heavy (non-hydrogen) atoms. The van der Waals surface area contributed by atoms with E-state index in [2.05, 4.69) is 37.1 Å². The van der Waals surface area contributed by atoms with Gasteiger partial charge in [0, 0.05) is 17.8 Å². The van der Waals surface area contributed by atoms with Crippen molar-refractivity contribution in [3.05, 3.63) is 52.8 Å². The molecule has 2 rings (SSSR count). The Bertz CT molecular complexity index is 492. The summed E-state index contributed by atoms with van der Waals surface area (Å²) < 4.78 is 1.95. The number of benzene rings is 1. The predicted molar refractivity (Wildman–Crippen MR) is 69.8 cm³/mol. The maximum absolute atomic E-state index is 5.83. The van der Waals surface area contributed by atoms with Crippen LogP contribution in [0.25, 0.3) is 0 Å². The third-order valence-electron chi connectivity index (χ3n) is 3.14. The Morgan fingerprint density at radius 2 is 1.94 bits per heavy atom. The maximum atomic E-state index is 5.83. The highest BCUT2D eigenvalue weighted by molar-refractivity contribution is 5.33. The van der Waals surface area contributed by atoms with Gasteiger partial charge >= 0.3 is 0 Å². The SMILES string of the molecule is Cc1cccc(C)c1Cn1cc(C(C)N)cn1. The van der Waals surface area contributed by atoms with Crippen LogP contribution in [0.5, 0.6) is 0 Å². The summed E-state index contributed by atoms with van der Waals surface area (Å²) in [7, 11) is 0. The van der Waals surface area contributed by atoms with Crippen LogP contribution in [0, 0.1) is 13.8 Å². The number of aromatic nitrogens is 2. The average Bonchev–Trinajstić information content (AvgIpc) is 2.72. The molecule has 0 saturated carbocycles. The molecule has 3 nitrogen and oxygen atoms in total. The van der Waals surface area contributed by atoms with Crippen LogP contribution < -0.4 is 5.73 Å². The third kappa shape index (κ3) is 2.56. The molecule has 2 N–H and O–H groups in total. The lowest BCUT2D eigenvalue weighted by molar-refractivity contribution is 0.679. The zero-order chi connectivity index (χ0) is 12.4. The number of hydrogen-bond donors (Lipinski definition) is 1. The van der Waals surface area contributed by atoms with Gasteiger partial charge in [-0.05, 0) is 37.5 Å². The van der Waals surface area contributed by atoms with Crippen molar-refractivity contribution in [3.8, 4) is 0 Å². The molecule has 90 valence electrons. The van der Waals surface area contributed by atoms with E-state index in [0.29, 0.717) is 0 Å². The van der Waals surface area contributed by atoms with E-state index in [1.165, 1.54) is 16.7 Å². The lowest BCUT2D eigenvalue weighted by atomic mass is 10.0. The highest BCUT2D eigenvalue weighted by Gasteiger charge is 2.06. The molecular weight excluding hydrogens is 210 g/mol. The van der Waals surface area contributed by atoms with Crippen LogP contribution in [0.1, 0.15) is 35.2 Å². The van der Waals surface area contributed by atoms with Crippen LogP contribution in [-0.4, -0.2) is 9.78 Å². The molecule has 3 heteroatoms. The van der Waals surface area contributed by atoms with E-state index in [1.54, 1.807) is 0 Å². The van der Waals surface area contributed by atoms with Crippen molar-refractivity contribution in [2.24, 2.45) is 5.73 Å². The highest BCUT2D eigenvalue weighted by Crippen LogP contribution is 2.15. The molecule has 2 aromatic rings. The molecule has 1 atom stereocenters. The quantitative estimate of drug-likeness (QED) is 0.879. The first-order valence-electron chi connectivity index (χ1n) is 5.91. The zero-order valence-corrected chi connectivity index (χ0v) is 10.6. The lowest BCUT2D eigenvalue weighted by Crippen LogP contribution is -2.05. The highest BCUT2D eigenvalue weighted by atomic mass is 15.3. The second-order valence-electron chi connectivity index (χ2n) is 4.63. The first-order valence-corrected chi connectivity index (χ1v) is 5.91. The summed E-state index contributed by atoms with van der Waals surface area (Å²) in [6.07, 6.45) is 3.87. The summed E-state index contributed by atoms with van der Waals surface area (Å²) in [6, 6.07) is 6.41. The van der Waals surface area contributed by atoms with Crippen molar-refractivity contribution in [1.82, 2.24) is 9.78 Å². The van der Waals surface area contributed by atoms with Crippen molar-refractivity contribution in [3.63, 3.8) is 0 Å². The summed E-state index contributed by atoms with van der Waals surface area (Å²) >= 11 is 0.